The van der Waals surface area contributed by atoms with Gasteiger partial charge in [-0.05, 0) is 6.07 Å². The van der Waals surface area contributed by atoms with Crippen LogP contribution in [0.1, 0.15) is 5.69 Å². The molecule has 0 aliphatic carbocycles. The van der Waals surface area contributed by atoms with Gasteiger partial charge < -0.3 is 4.42 Å². The maximum atomic E-state index is 14.7. The Balaban J connectivity index is 2.47. The third-order valence-corrected chi connectivity index (χ3v) is 4.29. The molecule has 26 heavy (non-hydrogen) atoms. The Kier molecular flexibility index (Phi) is 4.40. The van der Waals surface area contributed by atoms with E-state index in [1.807, 2.05) is 0 Å². The van der Waals surface area contributed by atoms with Crippen LogP contribution in [0.3, 0.4) is 0 Å². The van der Waals surface area contributed by atoms with Crippen LogP contribution >= 0.6 is 23.2 Å². The lowest BCUT2D eigenvalue weighted by molar-refractivity contribution is -0.143. The van der Waals surface area contributed by atoms with E-state index in [9.17, 15) is 22.4 Å². The number of rotatable bonds is 3. The van der Waals surface area contributed by atoms with Crippen molar-refractivity contribution >= 4 is 34.3 Å². The van der Waals surface area contributed by atoms with Crippen molar-refractivity contribution in [3.63, 3.8) is 0 Å². The molecule has 138 valence electrons. The Hall–Kier alpha value is -2.26. The molecular weight excluding hydrogens is 401 g/mol. The lowest BCUT2D eigenvalue weighted by atomic mass is 10.1. The summed E-state index contributed by atoms with van der Waals surface area (Å²) in [7, 11) is 1.02. The van der Waals surface area contributed by atoms with E-state index < -0.39 is 39.7 Å². The van der Waals surface area contributed by atoms with Gasteiger partial charge in [-0.1, -0.05) is 29.3 Å². The van der Waals surface area contributed by atoms with Crippen molar-refractivity contribution in [1.29, 1.82) is 0 Å². The van der Waals surface area contributed by atoms with Crippen LogP contribution in [0.2, 0.25) is 10.0 Å². The maximum absolute atomic E-state index is 14.7. The van der Waals surface area contributed by atoms with Crippen molar-refractivity contribution in [1.82, 2.24) is 14.3 Å². The molecule has 0 N–H and O–H groups in total. The van der Waals surface area contributed by atoms with Gasteiger partial charge >= 0.3 is 11.9 Å². The Bertz CT molecular complexity index is 1100. The number of benzene rings is 1. The molecule has 0 spiro atoms. The van der Waals surface area contributed by atoms with E-state index in [4.69, 9.17) is 27.6 Å². The van der Waals surface area contributed by atoms with Gasteiger partial charge in [-0.2, -0.15) is 18.3 Å². The summed E-state index contributed by atoms with van der Waals surface area (Å²) in [6.07, 6.45) is -3.48. The Morgan fingerprint density at radius 3 is 2.58 bits per heavy atom. The molecule has 5 nitrogen and oxygen atoms in total. The summed E-state index contributed by atoms with van der Waals surface area (Å²) in [6, 6.07) is 0.818. The molecule has 2 aromatic heterocycles. The van der Waals surface area contributed by atoms with Crippen LogP contribution in [0.4, 0.5) is 17.6 Å². The molecule has 0 saturated carbocycles. The summed E-state index contributed by atoms with van der Waals surface area (Å²) < 4.78 is 60.7. The van der Waals surface area contributed by atoms with Crippen molar-refractivity contribution in [3.05, 3.63) is 50.8 Å². The number of hydrogen-bond acceptors (Lipinski definition) is 3. The van der Waals surface area contributed by atoms with E-state index in [0.717, 1.165) is 17.7 Å². The number of halogens is 6. The molecule has 0 aliphatic rings. The average Bonchev–Trinajstić information content (AvgIpc) is 2.98. The monoisotopic (exact) mass is 409 g/mol. The first-order valence-corrected chi connectivity index (χ1v) is 7.75. The summed E-state index contributed by atoms with van der Waals surface area (Å²) >= 11 is 11.8. The molecule has 0 atom stereocenters. The highest BCUT2D eigenvalue weighted by molar-refractivity contribution is 6.36. The van der Waals surface area contributed by atoms with Gasteiger partial charge in [0.15, 0.2) is 11.3 Å². The number of alkyl halides is 3. The zero-order valence-corrected chi connectivity index (χ0v) is 14.5. The van der Waals surface area contributed by atoms with E-state index in [2.05, 4.69) is 11.7 Å². The third kappa shape index (κ3) is 2.71. The Morgan fingerprint density at radius 2 is 2.04 bits per heavy atom. The second kappa shape index (κ2) is 6.17. The van der Waals surface area contributed by atoms with Crippen LogP contribution < -0.4 is 5.76 Å². The van der Waals surface area contributed by atoms with E-state index >= 15 is 0 Å². The second-order valence-corrected chi connectivity index (χ2v) is 6.08. The standard InChI is InChI=1S/C15H9Cl2F4N3O2/c1-3-4-24-11-8(7(18)5-6(16)12(11)26-14(24)25)10-9(17)13(15(19,20)21)23(2)22-10/h3,5H,1,4H2,2H3. The SMILES string of the molecule is C=CCn1c(=O)oc2c(Cl)cc(F)c(-c3nn(C)c(C(F)(F)F)c3Cl)c21. The van der Waals surface area contributed by atoms with Gasteiger partial charge in [0, 0.05) is 13.6 Å². The number of aryl methyl sites for hydroxylation is 1. The number of fused-ring (bicyclic) bond motifs is 1. The minimum absolute atomic E-state index is 0.0881. The summed E-state index contributed by atoms with van der Waals surface area (Å²) in [5, 5.41) is 2.67. The van der Waals surface area contributed by atoms with Crippen molar-refractivity contribution < 1.29 is 22.0 Å². The molecule has 0 amide bonds. The summed E-state index contributed by atoms with van der Waals surface area (Å²) in [5.74, 6) is -1.88. The molecule has 0 saturated heterocycles. The number of oxazole rings is 1. The molecule has 2 heterocycles. The van der Waals surface area contributed by atoms with Crippen LogP contribution in [0.25, 0.3) is 22.4 Å². The number of hydrogen-bond donors (Lipinski definition) is 0. The van der Waals surface area contributed by atoms with Crippen LogP contribution in [-0.4, -0.2) is 14.3 Å². The fourth-order valence-corrected chi connectivity index (χ4v) is 3.25. The lowest BCUT2D eigenvalue weighted by Gasteiger charge is -2.07. The first-order valence-electron chi connectivity index (χ1n) is 7.00. The molecule has 11 heteroatoms. The van der Waals surface area contributed by atoms with Gasteiger partial charge in [-0.15, -0.1) is 6.58 Å². The summed E-state index contributed by atoms with van der Waals surface area (Å²) in [5.41, 5.74) is -2.51. The van der Waals surface area contributed by atoms with Crippen LogP contribution in [0, 0.1) is 5.82 Å². The largest absolute Gasteiger partial charge is 0.434 e. The zero-order chi connectivity index (χ0) is 19.4. The molecule has 0 bridgehead atoms. The Morgan fingerprint density at radius 1 is 1.38 bits per heavy atom. The first-order chi connectivity index (χ1) is 12.1. The highest BCUT2D eigenvalue weighted by Gasteiger charge is 2.40. The van der Waals surface area contributed by atoms with Gasteiger partial charge in [0.2, 0.25) is 0 Å². The number of aromatic nitrogens is 3. The predicted octanol–water partition coefficient (Wildman–Crippen LogP) is 4.65. The molecule has 3 aromatic rings. The third-order valence-electron chi connectivity index (χ3n) is 3.65. The van der Waals surface area contributed by atoms with Crippen LogP contribution in [-0.2, 0) is 19.8 Å². The van der Waals surface area contributed by atoms with Gasteiger partial charge in [0.25, 0.3) is 0 Å². The molecule has 0 radical (unpaired) electrons. The minimum atomic E-state index is -4.81. The fourth-order valence-electron chi connectivity index (χ4n) is 2.66. The molecule has 3 rings (SSSR count). The van der Waals surface area contributed by atoms with Crippen LogP contribution in [0.5, 0.6) is 0 Å². The van der Waals surface area contributed by atoms with Gasteiger partial charge in [0.1, 0.15) is 17.0 Å². The van der Waals surface area contributed by atoms with Crippen molar-refractivity contribution in [2.24, 2.45) is 7.05 Å². The molecular formula is C15H9Cl2F4N3O2. The van der Waals surface area contributed by atoms with Crippen molar-refractivity contribution in [2.45, 2.75) is 12.7 Å². The van der Waals surface area contributed by atoms with E-state index in [1.54, 1.807) is 0 Å². The number of allylic oxidation sites excluding steroid dienone is 1. The molecule has 0 aliphatic heterocycles. The average molecular weight is 410 g/mol. The van der Waals surface area contributed by atoms with E-state index in [-0.39, 0.29) is 22.7 Å². The van der Waals surface area contributed by atoms with E-state index in [0.29, 0.717) is 4.68 Å². The lowest BCUT2D eigenvalue weighted by Crippen LogP contribution is -2.13. The molecule has 1 aromatic carbocycles. The van der Waals surface area contributed by atoms with Crippen molar-refractivity contribution in [3.8, 4) is 11.3 Å². The normalized spacial score (nSPS) is 12.1. The van der Waals surface area contributed by atoms with Crippen LogP contribution in [0.15, 0.2) is 27.9 Å². The highest BCUT2D eigenvalue weighted by Crippen LogP contribution is 2.43. The topological polar surface area (TPSA) is 53.0 Å². The van der Waals surface area contributed by atoms with Gasteiger partial charge in [0.05, 0.1) is 15.6 Å². The summed E-state index contributed by atoms with van der Waals surface area (Å²) in [4.78, 5) is 12.0. The maximum Gasteiger partial charge on any atom is 0.434 e. The highest BCUT2D eigenvalue weighted by atomic mass is 35.5. The van der Waals surface area contributed by atoms with Gasteiger partial charge in [-0.25, -0.2) is 9.18 Å². The zero-order valence-electron chi connectivity index (χ0n) is 13.0. The second-order valence-electron chi connectivity index (χ2n) is 5.29. The molecule has 0 unspecified atom stereocenters. The minimum Gasteiger partial charge on any atom is -0.406 e. The van der Waals surface area contributed by atoms with E-state index in [1.165, 1.54) is 6.08 Å². The number of nitrogens with zero attached hydrogens (tertiary/aromatic N) is 3. The smallest absolute Gasteiger partial charge is 0.406 e. The quantitative estimate of drug-likeness (QED) is 0.467. The first kappa shape index (κ1) is 18.5. The summed E-state index contributed by atoms with van der Waals surface area (Å²) in [6.45, 7) is 3.39. The predicted molar refractivity (Wildman–Crippen MR) is 87.9 cm³/mol. The Labute approximate surface area is 153 Å². The fraction of sp³-hybridized carbons (Fsp3) is 0.200. The van der Waals surface area contributed by atoms with Crippen molar-refractivity contribution in [2.75, 3.05) is 0 Å². The van der Waals surface area contributed by atoms with Gasteiger partial charge in [-0.3, -0.25) is 9.25 Å². The molecule has 0 fully saturated rings.